The highest BCUT2D eigenvalue weighted by Gasteiger charge is 2.21. The van der Waals surface area contributed by atoms with E-state index in [9.17, 15) is 9.59 Å². The minimum Gasteiger partial charge on any atom is -0.497 e. The number of ether oxygens (including phenoxy) is 2. The molecule has 0 unspecified atom stereocenters. The standard InChI is InChI=1S/C27H22N4O4S/c1-31(15-17-7-8-19-14-20(34-2)10-9-18(19)13-17)23(32)16-35-27(33)25-24(28-11-12-29-25)26-30-21-5-3-4-6-22(21)36-26/h3-14H,15-16H2,1-2H3. The van der Waals surface area contributed by atoms with Crippen molar-refractivity contribution in [2.75, 3.05) is 20.8 Å². The molecule has 0 aliphatic heterocycles. The molecule has 0 atom stereocenters. The highest BCUT2D eigenvalue weighted by atomic mass is 32.1. The SMILES string of the molecule is COc1ccc2cc(CN(C)C(=O)COC(=O)c3nccnc3-c3nc4ccccc4s3)ccc2c1. The zero-order chi connectivity index (χ0) is 25.1. The summed E-state index contributed by atoms with van der Waals surface area (Å²) in [7, 11) is 3.30. The second-order valence-corrected chi connectivity index (χ2v) is 9.14. The van der Waals surface area contributed by atoms with Crippen molar-refractivity contribution >= 4 is 44.2 Å². The molecule has 1 amide bonds. The lowest BCUT2D eigenvalue weighted by Gasteiger charge is -2.17. The molecule has 0 spiro atoms. The van der Waals surface area contributed by atoms with Crippen molar-refractivity contribution in [1.29, 1.82) is 0 Å². The Balaban J connectivity index is 1.25. The second kappa shape index (κ2) is 10.1. The monoisotopic (exact) mass is 498 g/mol. The molecule has 9 heteroatoms. The van der Waals surface area contributed by atoms with Gasteiger partial charge in [-0.1, -0.05) is 30.3 Å². The number of thiazole rings is 1. The second-order valence-electron chi connectivity index (χ2n) is 8.11. The number of fused-ring (bicyclic) bond motifs is 2. The Morgan fingerprint density at radius 1 is 0.972 bits per heavy atom. The largest absolute Gasteiger partial charge is 0.497 e. The Morgan fingerprint density at radius 2 is 1.75 bits per heavy atom. The van der Waals surface area contributed by atoms with Gasteiger partial charge in [-0.15, -0.1) is 11.3 Å². The van der Waals surface area contributed by atoms with Crippen LogP contribution in [0.15, 0.2) is 73.1 Å². The van der Waals surface area contributed by atoms with Crippen LogP contribution in [0.5, 0.6) is 5.75 Å². The van der Waals surface area contributed by atoms with E-state index in [1.165, 1.54) is 28.6 Å². The van der Waals surface area contributed by atoms with Gasteiger partial charge in [0.25, 0.3) is 5.91 Å². The molecule has 5 rings (SSSR count). The fourth-order valence-corrected chi connectivity index (χ4v) is 4.75. The molecule has 36 heavy (non-hydrogen) atoms. The summed E-state index contributed by atoms with van der Waals surface area (Å²) in [5.74, 6) is -0.263. The highest BCUT2D eigenvalue weighted by molar-refractivity contribution is 7.21. The van der Waals surface area contributed by atoms with Crippen molar-refractivity contribution in [2.45, 2.75) is 6.54 Å². The number of aromatic nitrogens is 3. The quantitative estimate of drug-likeness (QED) is 0.299. The summed E-state index contributed by atoms with van der Waals surface area (Å²) < 4.78 is 11.6. The summed E-state index contributed by atoms with van der Waals surface area (Å²) >= 11 is 1.41. The van der Waals surface area contributed by atoms with Gasteiger partial charge in [-0.25, -0.2) is 19.7 Å². The molecule has 3 aromatic carbocycles. The summed E-state index contributed by atoms with van der Waals surface area (Å²) in [4.78, 5) is 40.0. The number of rotatable bonds is 7. The fourth-order valence-electron chi connectivity index (χ4n) is 3.78. The first-order valence-electron chi connectivity index (χ1n) is 11.2. The van der Waals surface area contributed by atoms with E-state index in [1.54, 1.807) is 14.2 Å². The van der Waals surface area contributed by atoms with E-state index in [4.69, 9.17) is 9.47 Å². The Bertz CT molecular complexity index is 1550. The van der Waals surface area contributed by atoms with Crippen LogP contribution in [-0.2, 0) is 16.1 Å². The van der Waals surface area contributed by atoms with Gasteiger partial charge in [-0.3, -0.25) is 4.79 Å². The van der Waals surface area contributed by atoms with E-state index < -0.39 is 12.6 Å². The van der Waals surface area contributed by atoms with Crippen molar-refractivity contribution in [3.8, 4) is 16.5 Å². The van der Waals surface area contributed by atoms with Crippen molar-refractivity contribution in [3.05, 3.63) is 84.3 Å². The lowest BCUT2D eigenvalue weighted by atomic mass is 10.1. The van der Waals surface area contributed by atoms with Gasteiger partial charge in [0.15, 0.2) is 12.3 Å². The van der Waals surface area contributed by atoms with E-state index in [1.807, 2.05) is 60.7 Å². The van der Waals surface area contributed by atoms with Crippen LogP contribution in [0.3, 0.4) is 0 Å². The summed E-state index contributed by atoms with van der Waals surface area (Å²) in [6, 6.07) is 19.5. The number of nitrogens with zero attached hydrogens (tertiary/aromatic N) is 4. The lowest BCUT2D eigenvalue weighted by Crippen LogP contribution is -2.31. The summed E-state index contributed by atoms with van der Waals surface area (Å²) in [5.41, 5.74) is 2.13. The summed E-state index contributed by atoms with van der Waals surface area (Å²) in [6.45, 7) is -0.0313. The molecule has 5 aromatic rings. The lowest BCUT2D eigenvalue weighted by molar-refractivity contribution is -0.133. The van der Waals surface area contributed by atoms with Gasteiger partial charge in [0, 0.05) is 26.0 Å². The van der Waals surface area contributed by atoms with Crippen molar-refractivity contribution in [3.63, 3.8) is 0 Å². The number of benzene rings is 3. The smallest absolute Gasteiger partial charge is 0.359 e. The molecule has 180 valence electrons. The Labute approximate surface area is 211 Å². The molecule has 0 radical (unpaired) electrons. The maximum atomic E-state index is 12.8. The molecule has 0 saturated heterocycles. The Kier molecular flexibility index (Phi) is 6.55. The third-order valence-electron chi connectivity index (χ3n) is 5.67. The number of hydrogen-bond acceptors (Lipinski definition) is 8. The van der Waals surface area contributed by atoms with Gasteiger partial charge < -0.3 is 14.4 Å². The average Bonchev–Trinajstić information content (AvgIpc) is 3.35. The van der Waals surface area contributed by atoms with E-state index >= 15 is 0 Å². The number of amides is 1. The number of carbonyl (C=O) groups excluding carboxylic acids is 2. The third kappa shape index (κ3) is 4.87. The number of esters is 1. The van der Waals surface area contributed by atoms with Crippen LogP contribution < -0.4 is 4.74 Å². The third-order valence-corrected chi connectivity index (χ3v) is 6.72. The zero-order valence-electron chi connectivity index (χ0n) is 19.7. The van der Waals surface area contributed by atoms with Crippen LogP contribution in [-0.4, -0.2) is 52.5 Å². The number of methoxy groups -OCH3 is 1. The highest BCUT2D eigenvalue weighted by Crippen LogP contribution is 2.30. The van der Waals surface area contributed by atoms with Gasteiger partial charge in [0.2, 0.25) is 0 Å². The molecular weight excluding hydrogens is 476 g/mol. The first-order chi connectivity index (χ1) is 17.5. The topological polar surface area (TPSA) is 94.5 Å². The average molecular weight is 499 g/mol. The summed E-state index contributed by atoms with van der Waals surface area (Å²) in [6.07, 6.45) is 2.91. The van der Waals surface area contributed by atoms with Crippen LogP contribution >= 0.6 is 11.3 Å². The first-order valence-corrected chi connectivity index (χ1v) is 12.0. The molecule has 0 bridgehead atoms. The minimum atomic E-state index is -0.723. The van der Waals surface area contributed by atoms with Crippen LogP contribution in [0.4, 0.5) is 0 Å². The van der Waals surface area contributed by atoms with Crippen LogP contribution in [0.2, 0.25) is 0 Å². The van der Waals surface area contributed by atoms with E-state index in [2.05, 4.69) is 15.0 Å². The Hall–Kier alpha value is -4.37. The molecule has 2 heterocycles. The molecule has 8 nitrogen and oxygen atoms in total. The maximum absolute atomic E-state index is 12.8. The van der Waals surface area contributed by atoms with Gasteiger partial charge in [-0.05, 0) is 46.7 Å². The fraction of sp³-hybridized carbons (Fsp3) is 0.148. The minimum absolute atomic E-state index is 0.0250. The predicted molar refractivity (Wildman–Crippen MR) is 138 cm³/mol. The molecular formula is C27H22N4O4S. The maximum Gasteiger partial charge on any atom is 0.359 e. The van der Waals surface area contributed by atoms with Crippen LogP contribution in [0.25, 0.3) is 31.7 Å². The predicted octanol–water partition coefficient (Wildman–Crippen LogP) is 4.73. The zero-order valence-corrected chi connectivity index (χ0v) is 20.5. The van der Waals surface area contributed by atoms with Crippen molar-refractivity contribution in [2.24, 2.45) is 0 Å². The molecule has 0 N–H and O–H groups in total. The van der Waals surface area contributed by atoms with E-state index in [-0.39, 0.29) is 11.6 Å². The van der Waals surface area contributed by atoms with E-state index in [0.717, 1.165) is 32.3 Å². The van der Waals surface area contributed by atoms with Gasteiger partial charge in [-0.2, -0.15) is 0 Å². The number of hydrogen-bond donors (Lipinski definition) is 0. The van der Waals surface area contributed by atoms with E-state index in [0.29, 0.717) is 17.2 Å². The molecule has 0 aliphatic rings. The molecule has 0 saturated carbocycles. The van der Waals surface area contributed by atoms with Crippen LogP contribution in [0, 0.1) is 0 Å². The Morgan fingerprint density at radius 3 is 2.58 bits per heavy atom. The molecule has 2 aromatic heterocycles. The molecule has 0 fully saturated rings. The van der Waals surface area contributed by atoms with Gasteiger partial charge >= 0.3 is 5.97 Å². The molecule has 0 aliphatic carbocycles. The number of carbonyl (C=O) groups is 2. The van der Waals surface area contributed by atoms with Gasteiger partial charge in [0.1, 0.15) is 16.5 Å². The summed E-state index contributed by atoms with van der Waals surface area (Å²) in [5, 5.41) is 2.66. The number of likely N-dealkylation sites (N-methyl/N-ethyl adjacent to an activating group) is 1. The van der Waals surface area contributed by atoms with Gasteiger partial charge in [0.05, 0.1) is 17.3 Å². The van der Waals surface area contributed by atoms with Crippen LogP contribution in [0.1, 0.15) is 16.1 Å². The number of para-hydroxylation sites is 1. The first kappa shape index (κ1) is 23.4. The van der Waals surface area contributed by atoms with Crippen molar-refractivity contribution < 1.29 is 19.1 Å². The van der Waals surface area contributed by atoms with Crippen molar-refractivity contribution in [1.82, 2.24) is 19.9 Å². The normalized spacial score (nSPS) is 10.9.